The summed E-state index contributed by atoms with van der Waals surface area (Å²) in [6.45, 7) is 1.90. The van der Waals surface area contributed by atoms with Crippen LogP contribution < -0.4 is 16.4 Å². The molecule has 2 unspecified atom stereocenters. The lowest BCUT2D eigenvalue weighted by molar-refractivity contribution is -0.137. The Balaban J connectivity index is 1.55. The van der Waals surface area contributed by atoms with Crippen molar-refractivity contribution < 1.29 is 80.5 Å². The van der Waals surface area contributed by atoms with Gasteiger partial charge in [0.1, 0.15) is 36.3 Å². The molecule has 1 aliphatic rings. The smallest absolute Gasteiger partial charge is 0.386 e. The van der Waals surface area contributed by atoms with E-state index in [-0.39, 0.29) is 41.6 Å². The molecular weight excluding hydrogens is 772 g/mol. The first-order valence-corrected chi connectivity index (χ1v) is 20.0. The lowest BCUT2D eigenvalue weighted by atomic mass is 9.87. The third-order valence-electron chi connectivity index (χ3n) is 6.81. The van der Waals surface area contributed by atoms with Gasteiger partial charge < -0.3 is 50.9 Å². The summed E-state index contributed by atoms with van der Waals surface area (Å²) in [6, 6.07) is 0. The highest BCUT2D eigenvalue weighted by molar-refractivity contribution is 8.13. The maximum atomic E-state index is 12.6. The molecular formula is C23H38N7O17P3S. The Morgan fingerprint density at radius 1 is 1.08 bits per heavy atom. The van der Waals surface area contributed by atoms with Crippen LogP contribution in [0, 0.1) is 5.41 Å². The number of imidazole rings is 1. The Kier molecular flexibility index (Phi) is 14.8. The molecule has 3 heterocycles. The number of nitrogens with zero attached hydrogens (tertiary/aromatic N) is 4. The van der Waals surface area contributed by atoms with Gasteiger partial charge in [-0.25, -0.2) is 28.6 Å². The van der Waals surface area contributed by atoms with Crippen molar-refractivity contribution in [1.82, 2.24) is 30.2 Å². The van der Waals surface area contributed by atoms with Gasteiger partial charge in [0.15, 0.2) is 22.8 Å². The summed E-state index contributed by atoms with van der Waals surface area (Å²) in [4.78, 5) is 85.9. The molecule has 2 aromatic heterocycles. The number of hydrogen-bond donors (Lipinski definition) is 9. The number of nitrogen functional groups attached to an aromatic ring is 1. The number of ether oxygens (including phenoxy) is 1. The molecule has 10 N–H and O–H groups in total. The van der Waals surface area contributed by atoms with E-state index in [4.69, 9.17) is 19.5 Å². The predicted molar refractivity (Wildman–Crippen MR) is 173 cm³/mol. The van der Waals surface area contributed by atoms with E-state index >= 15 is 0 Å². The maximum Gasteiger partial charge on any atom is 0.481 e. The number of phosphoric ester groups is 3. The molecule has 1 aliphatic heterocycles. The number of phosphoric acid groups is 3. The van der Waals surface area contributed by atoms with Crippen LogP contribution in [0.5, 0.6) is 0 Å². The number of carbonyl (C=O) groups is 3. The van der Waals surface area contributed by atoms with E-state index in [0.717, 1.165) is 29.0 Å². The Hall–Kier alpha value is -2.44. The second kappa shape index (κ2) is 17.6. The summed E-state index contributed by atoms with van der Waals surface area (Å²) in [5.41, 5.74) is 4.26. The molecule has 0 bridgehead atoms. The highest BCUT2D eigenvalue weighted by atomic mass is 32.2. The van der Waals surface area contributed by atoms with Gasteiger partial charge in [-0.15, -0.1) is 0 Å². The van der Waals surface area contributed by atoms with Crippen molar-refractivity contribution in [2.24, 2.45) is 5.41 Å². The normalized spacial score (nSPS) is 22.6. The van der Waals surface area contributed by atoms with Crippen molar-refractivity contribution >= 4 is 69.1 Å². The standard InChI is InChI=1S/C23H38N7O17P3S/c1-12(31)51-7-6-25-14(32)4-5-26-21(35)18(34)23(2,3)9-44-50(41,42)47-49(39,40)43-8-13-17(46-48(36,37)38)16(33)22(45-13)30-11-29-15-19(24)27-10-28-20(15)30/h10-11,13,16-18,22,33-34H,4-9H2,1-3H3,(H,25,32)(H,26,35)(H,39,40)(H,41,42)(H2,24,27,28)(H2,36,37,38)/t13-,16-,17-,18+,22-/m1/s1/i1+1. The number of aliphatic hydroxyl groups excluding tert-OH is 2. The summed E-state index contributed by atoms with van der Waals surface area (Å²) in [6.07, 6.45) is -6.88. The van der Waals surface area contributed by atoms with Crippen molar-refractivity contribution in [2.45, 2.75) is 57.8 Å². The van der Waals surface area contributed by atoms with Crippen LogP contribution in [0.4, 0.5) is 5.82 Å². The molecule has 0 aliphatic carbocycles. The first-order valence-electron chi connectivity index (χ1n) is 14.5. The molecule has 51 heavy (non-hydrogen) atoms. The van der Waals surface area contributed by atoms with Crippen LogP contribution >= 0.6 is 35.2 Å². The Bertz CT molecular complexity index is 1710. The maximum absolute atomic E-state index is 12.6. The van der Waals surface area contributed by atoms with E-state index < -0.39 is 84.6 Å². The molecule has 28 heteroatoms. The summed E-state index contributed by atoms with van der Waals surface area (Å²) in [5, 5.41) is 26.1. The number of nitrogens with one attached hydrogen (secondary N) is 2. The van der Waals surface area contributed by atoms with E-state index in [1.807, 2.05) is 0 Å². The largest absolute Gasteiger partial charge is 0.481 e. The lowest BCUT2D eigenvalue weighted by Gasteiger charge is -2.30. The summed E-state index contributed by atoms with van der Waals surface area (Å²) < 4.78 is 61.8. The number of nitrogens with two attached hydrogens (primary N) is 1. The van der Waals surface area contributed by atoms with Crippen LogP contribution in [0.3, 0.4) is 0 Å². The molecule has 0 spiro atoms. The topological polar surface area (TPSA) is 364 Å². The van der Waals surface area contributed by atoms with E-state index in [1.165, 1.54) is 20.8 Å². The predicted octanol–water partition coefficient (Wildman–Crippen LogP) is -1.32. The zero-order valence-electron chi connectivity index (χ0n) is 27.1. The van der Waals surface area contributed by atoms with E-state index in [2.05, 4.69) is 34.4 Å². The second-order valence-electron chi connectivity index (χ2n) is 11.4. The minimum Gasteiger partial charge on any atom is -0.386 e. The fourth-order valence-corrected chi connectivity index (χ4v) is 7.65. The zero-order valence-corrected chi connectivity index (χ0v) is 30.6. The molecule has 24 nitrogen and oxygen atoms in total. The minimum absolute atomic E-state index is 0.0310. The molecule has 7 atom stereocenters. The van der Waals surface area contributed by atoms with Gasteiger partial charge in [-0.2, -0.15) is 4.31 Å². The number of hydrogen-bond acceptors (Lipinski definition) is 18. The molecule has 1 fully saturated rings. The molecule has 2 amide bonds. The highest BCUT2D eigenvalue weighted by Gasteiger charge is 2.50. The van der Waals surface area contributed by atoms with Gasteiger partial charge in [0.25, 0.3) is 0 Å². The highest BCUT2D eigenvalue weighted by Crippen LogP contribution is 2.61. The zero-order chi connectivity index (χ0) is 38.4. The minimum atomic E-state index is -5.56. The average Bonchev–Trinajstić information content (AvgIpc) is 3.57. The summed E-state index contributed by atoms with van der Waals surface area (Å²) >= 11 is 1.03. The fraction of sp³-hybridized carbons (Fsp3) is 0.652. The summed E-state index contributed by atoms with van der Waals surface area (Å²) in [5.74, 6) is -1.08. The molecule has 0 saturated carbocycles. The van der Waals surface area contributed by atoms with Crippen LogP contribution in [0.25, 0.3) is 11.2 Å². The molecule has 3 rings (SSSR count). The van der Waals surface area contributed by atoms with Gasteiger partial charge in [-0.1, -0.05) is 25.6 Å². The average molecular weight is 811 g/mol. The monoisotopic (exact) mass is 810 g/mol. The third-order valence-corrected chi connectivity index (χ3v) is 10.7. The van der Waals surface area contributed by atoms with Crippen LogP contribution in [0.15, 0.2) is 12.7 Å². The number of carbonyl (C=O) groups excluding carboxylic acids is 3. The Labute approximate surface area is 293 Å². The van der Waals surface area contributed by atoms with Crippen LogP contribution in [-0.2, 0) is 50.7 Å². The van der Waals surface area contributed by atoms with E-state index in [1.54, 1.807) is 0 Å². The molecule has 1 saturated heterocycles. The molecule has 288 valence electrons. The number of thioether (sulfide) groups is 1. The fourth-order valence-electron chi connectivity index (χ4n) is 4.32. The van der Waals surface area contributed by atoms with Crippen molar-refractivity contribution in [1.29, 1.82) is 0 Å². The molecule has 2 aromatic rings. The van der Waals surface area contributed by atoms with Gasteiger partial charge in [-0.3, -0.25) is 32.5 Å². The van der Waals surface area contributed by atoms with Crippen molar-refractivity contribution in [3.05, 3.63) is 12.7 Å². The summed E-state index contributed by atoms with van der Waals surface area (Å²) in [7, 11) is -16.4. The van der Waals surface area contributed by atoms with Crippen molar-refractivity contribution in [3.63, 3.8) is 0 Å². The third kappa shape index (κ3) is 12.9. The van der Waals surface area contributed by atoms with Crippen LogP contribution in [0.1, 0.15) is 33.4 Å². The second-order valence-corrected chi connectivity index (χ2v) is 16.9. The van der Waals surface area contributed by atoms with Gasteiger partial charge in [0.05, 0.1) is 19.5 Å². The number of anilines is 1. The number of fused-ring (bicyclic) bond motifs is 1. The first-order chi connectivity index (χ1) is 23.5. The van der Waals surface area contributed by atoms with Gasteiger partial charge >= 0.3 is 23.5 Å². The van der Waals surface area contributed by atoms with Crippen molar-refractivity contribution in [3.8, 4) is 0 Å². The van der Waals surface area contributed by atoms with Gasteiger partial charge in [0, 0.05) is 37.6 Å². The van der Waals surface area contributed by atoms with Crippen molar-refractivity contribution in [2.75, 3.05) is 37.8 Å². The van der Waals surface area contributed by atoms with E-state index in [9.17, 15) is 57.9 Å². The number of aromatic nitrogens is 4. The SMILES string of the molecule is CC(C)(COP(=O)(O)OP(=O)(O)OC[C@H]1O[C@@H](n2cnc3c(N)ncnc32)[C@H](O)[C@@H]1OP(=O)(O)O)[C@@H](O)C(=O)NCCC(=O)NCCSC([13CH3])=O. The molecule has 0 radical (unpaired) electrons. The first kappa shape index (κ1) is 43.0. The Morgan fingerprint density at radius 3 is 2.39 bits per heavy atom. The molecule has 0 aromatic carbocycles. The number of rotatable bonds is 19. The number of amides is 2. The lowest BCUT2D eigenvalue weighted by Crippen LogP contribution is -2.46. The van der Waals surface area contributed by atoms with Crippen LogP contribution in [0.2, 0.25) is 0 Å². The quantitative estimate of drug-likeness (QED) is 0.0451. The van der Waals surface area contributed by atoms with Gasteiger partial charge in [-0.05, 0) is 0 Å². The number of aliphatic hydroxyl groups is 2. The van der Waals surface area contributed by atoms with Crippen LogP contribution in [-0.4, -0.2) is 123 Å². The van der Waals surface area contributed by atoms with E-state index in [0.29, 0.717) is 5.75 Å². The van der Waals surface area contributed by atoms with Gasteiger partial charge in [0.2, 0.25) is 11.8 Å². The Morgan fingerprint density at radius 2 is 1.75 bits per heavy atom.